The predicted molar refractivity (Wildman–Crippen MR) is 26.5 cm³/mol. The first-order valence-electron chi connectivity index (χ1n) is 2.43. The lowest BCUT2D eigenvalue weighted by Crippen LogP contribution is -1.87. The number of hydrogen-bond acceptors (Lipinski definition) is 2. The maximum Gasteiger partial charge on any atom is 0.109 e. The molecule has 0 radical (unpaired) electrons. The van der Waals surface area contributed by atoms with Crippen molar-refractivity contribution in [2.45, 2.75) is 6.42 Å². The highest BCUT2D eigenvalue weighted by Crippen LogP contribution is 1.80. The number of hydrogen-bond donors (Lipinski definition) is 0. The average Bonchev–Trinajstić information content (AvgIpc) is 1.69. The van der Waals surface area contributed by atoms with E-state index in [1.807, 2.05) is 0 Å². The van der Waals surface area contributed by atoms with Gasteiger partial charge >= 0.3 is 0 Å². The van der Waals surface area contributed by atoms with Crippen LogP contribution in [0.2, 0.25) is 0 Å². The Morgan fingerprint density at radius 3 is 3.17 bits per heavy atom. The van der Waals surface area contributed by atoms with Gasteiger partial charge in [-0.1, -0.05) is 0 Å². The summed E-state index contributed by atoms with van der Waals surface area (Å²) in [5.74, 6) is 0. The van der Waals surface area contributed by atoms with Crippen LogP contribution in [0, 0.1) is 0 Å². The van der Waals surface area contributed by atoms with Gasteiger partial charge in [0.15, 0.2) is 0 Å². The zero-order valence-corrected chi connectivity index (χ0v) is 3.33. The van der Waals surface area contributed by atoms with E-state index in [-0.39, 0.29) is 6.52 Å². The molecule has 0 aromatic heterocycles. The Morgan fingerprint density at radius 2 is 2.83 bits per heavy atom. The lowest BCUT2D eigenvalue weighted by molar-refractivity contribution is 1.04. The summed E-state index contributed by atoms with van der Waals surface area (Å²) in [6.07, 6.45) is 3.78. The molecular formula is C4H6N2. The van der Waals surface area contributed by atoms with Crippen LogP contribution in [0.25, 0.3) is 0 Å². The van der Waals surface area contributed by atoms with E-state index in [2.05, 4.69) is 9.98 Å². The lowest BCUT2D eigenvalue weighted by atomic mass is 10.4. The number of aliphatic imine (C=N–C) groups is 2. The van der Waals surface area contributed by atoms with Gasteiger partial charge in [0, 0.05) is 19.2 Å². The van der Waals surface area contributed by atoms with Crippen LogP contribution in [0.1, 0.15) is 7.79 Å². The Hall–Kier alpha value is -0.660. The van der Waals surface area contributed by atoms with Crippen LogP contribution in [0.15, 0.2) is 9.98 Å². The van der Waals surface area contributed by atoms with Crippen molar-refractivity contribution in [2.24, 2.45) is 9.98 Å². The van der Waals surface area contributed by atoms with Crippen molar-refractivity contribution in [3.8, 4) is 0 Å². The smallest absolute Gasteiger partial charge is 0.109 e. The summed E-state index contributed by atoms with van der Waals surface area (Å²) in [6.45, 7) is -0.294. The second-order valence-corrected chi connectivity index (χ2v) is 1.01. The van der Waals surface area contributed by atoms with Crippen molar-refractivity contribution in [2.75, 3.05) is 6.52 Å². The average molecular weight is 83.1 g/mol. The van der Waals surface area contributed by atoms with E-state index in [0.717, 1.165) is 0 Å². The summed E-state index contributed by atoms with van der Waals surface area (Å²) in [5.41, 5.74) is 0. The van der Waals surface area contributed by atoms with Gasteiger partial charge in [-0.2, -0.15) is 0 Å². The van der Waals surface area contributed by atoms with E-state index in [1.54, 1.807) is 6.21 Å². The zero-order valence-electron chi connectivity index (χ0n) is 4.33. The molecule has 0 aromatic carbocycles. The van der Waals surface area contributed by atoms with Gasteiger partial charge in [-0.25, -0.2) is 4.99 Å². The molecule has 6 heavy (non-hydrogen) atoms. The molecule has 0 amide bonds. The monoisotopic (exact) mass is 83.1 g/mol. The molecule has 0 spiro atoms. The summed E-state index contributed by atoms with van der Waals surface area (Å²) in [5, 5.41) is 0. The summed E-state index contributed by atoms with van der Waals surface area (Å²) in [7, 11) is 0. The third-order valence-electron chi connectivity index (χ3n) is 0.555. The normalized spacial score (nSPS) is 33.3. The molecule has 1 unspecified atom stereocenters. The summed E-state index contributed by atoms with van der Waals surface area (Å²) in [4.78, 5) is 7.36. The Bertz CT molecular complexity index is 108. The molecule has 2 heteroatoms. The van der Waals surface area contributed by atoms with Crippen LogP contribution < -0.4 is 0 Å². The second kappa shape index (κ2) is 1.70. The van der Waals surface area contributed by atoms with Gasteiger partial charge in [0.2, 0.25) is 0 Å². The molecule has 0 aliphatic carbocycles. The molecule has 0 bridgehead atoms. The van der Waals surface area contributed by atoms with Crippen molar-refractivity contribution in [1.82, 2.24) is 0 Å². The minimum Gasteiger partial charge on any atom is -0.273 e. The van der Waals surface area contributed by atoms with Gasteiger partial charge in [0.05, 0.1) is 1.37 Å². The first kappa shape index (κ1) is 2.50. The topological polar surface area (TPSA) is 24.7 Å². The van der Waals surface area contributed by atoms with E-state index in [9.17, 15) is 0 Å². The summed E-state index contributed by atoms with van der Waals surface area (Å²) < 4.78 is 6.98. The Labute approximate surface area is 38.0 Å². The van der Waals surface area contributed by atoms with Gasteiger partial charge in [-0.3, -0.25) is 4.99 Å². The van der Waals surface area contributed by atoms with Gasteiger partial charge < -0.3 is 0 Å². The summed E-state index contributed by atoms with van der Waals surface area (Å²) in [6, 6.07) is 0. The highest BCUT2D eigenvalue weighted by Gasteiger charge is 1.79. The first-order chi connectivity index (χ1) is 3.39. The van der Waals surface area contributed by atoms with E-state index < -0.39 is 0 Å². The fraction of sp³-hybridized carbons (Fsp3) is 0.500. The van der Waals surface area contributed by atoms with Crippen LogP contribution >= 0.6 is 0 Å². The fourth-order valence-corrected chi connectivity index (χ4v) is 0.302. The number of nitrogens with zero attached hydrogens (tertiary/aromatic N) is 2. The van der Waals surface area contributed by atoms with Gasteiger partial charge in [0.1, 0.15) is 6.34 Å². The molecule has 0 fully saturated rings. The van der Waals surface area contributed by atoms with Crippen LogP contribution in [-0.2, 0) is 0 Å². The second-order valence-electron chi connectivity index (χ2n) is 1.01. The Morgan fingerprint density at radius 1 is 1.83 bits per heavy atom. The first-order valence-corrected chi connectivity index (χ1v) is 1.85. The highest BCUT2D eigenvalue weighted by molar-refractivity contribution is 5.74. The molecule has 0 saturated heterocycles. The van der Waals surface area contributed by atoms with E-state index in [0.29, 0.717) is 6.42 Å². The largest absolute Gasteiger partial charge is 0.273 e. The van der Waals surface area contributed by atoms with Crippen LogP contribution in [0.3, 0.4) is 0 Å². The molecule has 0 aromatic rings. The predicted octanol–water partition coefficient (Wildman–Crippen LogP) is 0.489. The van der Waals surface area contributed by atoms with Crippen molar-refractivity contribution in [1.29, 1.82) is 0 Å². The molecule has 2 nitrogen and oxygen atoms in total. The van der Waals surface area contributed by atoms with E-state index >= 15 is 0 Å². The maximum absolute atomic E-state index is 6.98. The van der Waals surface area contributed by atoms with Crippen molar-refractivity contribution in [3.63, 3.8) is 0 Å². The van der Waals surface area contributed by atoms with Crippen molar-refractivity contribution >= 4 is 12.6 Å². The minimum absolute atomic E-state index is 0.294. The van der Waals surface area contributed by atoms with Crippen molar-refractivity contribution < 1.29 is 1.37 Å². The van der Waals surface area contributed by atoms with Gasteiger partial charge in [0.25, 0.3) is 0 Å². The van der Waals surface area contributed by atoms with Crippen LogP contribution in [0.4, 0.5) is 0 Å². The quantitative estimate of drug-likeness (QED) is 0.407. The maximum atomic E-state index is 6.98. The third kappa shape index (κ3) is 0.641. The summed E-state index contributed by atoms with van der Waals surface area (Å²) >= 11 is 0. The molecule has 32 valence electrons. The highest BCUT2D eigenvalue weighted by atomic mass is 14.9. The molecule has 0 N–H and O–H groups in total. The van der Waals surface area contributed by atoms with Gasteiger partial charge in [-0.15, -0.1) is 0 Å². The molecule has 1 aliphatic rings. The Balaban J connectivity index is 2.49. The van der Waals surface area contributed by atoms with Gasteiger partial charge in [-0.05, 0) is 0 Å². The molecule has 0 saturated carbocycles. The third-order valence-corrected chi connectivity index (χ3v) is 0.555. The van der Waals surface area contributed by atoms with E-state index in [4.69, 9.17) is 1.37 Å². The van der Waals surface area contributed by atoms with Crippen LogP contribution in [-0.4, -0.2) is 19.1 Å². The minimum atomic E-state index is -0.294. The Kier molecular flexibility index (Phi) is 0.708. The fourth-order valence-electron chi connectivity index (χ4n) is 0.302. The lowest BCUT2D eigenvalue weighted by Gasteiger charge is -1.88. The number of rotatable bonds is 0. The molecule has 1 heterocycles. The zero-order chi connectivity index (χ0) is 5.11. The van der Waals surface area contributed by atoms with Crippen LogP contribution in [0.5, 0.6) is 0 Å². The van der Waals surface area contributed by atoms with Crippen molar-refractivity contribution in [3.05, 3.63) is 0 Å². The molecule has 1 atom stereocenters. The SMILES string of the molecule is [2H]C1CC=NC=N1. The molecular weight excluding hydrogens is 76.1 g/mol. The van der Waals surface area contributed by atoms with E-state index in [1.165, 1.54) is 6.34 Å². The molecule has 1 rings (SSSR count). The standard InChI is InChI=1S/C4H6N2/c1-2-5-4-6-3-1/h2,4H,1,3H2/i3D. The molecule has 1 aliphatic heterocycles.